The second-order valence-electron chi connectivity index (χ2n) is 13.6. The molecule has 0 aliphatic heterocycles. The number of fused-ring (bicyclic) bond motifs is 6. The van der Waals surface area contributed by atoms with Gasteiger partial charge in [-0.1, -0.05) is 146 Å². The Bertz CT molecular complexity index is 2850. The molecule has 9 aromatic rings. The molecule has 0 fully saturated rings. The molecule has 0 atom stereocenters. The van der Waals surface area contributed by atoms with Crippen molar-refractivity contribution < 1.29 is 0 Å². The summed E-state index contributed by atoms with van der Waals surface area (Å²) in [5, 5.41) is 11.7. The monoisotopic (exact) mass is 673 g/mol. The molecule has 0 unspecified atom stereocenters. The molecule has 3 heteroatoms. The van der Waals surface area contributed by atoms with Crippen molar-refractivity contribution in [3.63, 3.8) is 0 Å². The van der Waals surface area contributed by atoms with Crippen LogP contribution >= 0.6 is 0 Å². The first kappa shape index (κ1) is 30.7. The maximum Gasteiger partial charge on any atom is 0.0991 e. The zero-order valence-corrected chi connectivity index (χ0v) is 28.7. The predicted octanol–water partition coefficient (Wildman–Crippen LogP) is 12.0. The summed E-state index contributed by atoms with van der Waals surface area (Å²) in [6.07, 6.45) is 1.84. The summed E-state index contributed by atoms with van der Waals surface area (Å²) in [5.41, 5.74) is 15.5. The Morgan fingerprint density at radius 2 is 1.11 bits per heavy atom. The van der Waals surface area contributed by atoms with E-state index in [1.54, 1.807) is 0 Å². The van der Waals surface area contributed by atoms with Gasteiger partial charge in [-0.3, -0.25) is 4.98 Å². The van der Waals surface area contributed by atoms with Crippen LogP contribution in [-0.4, -0.2) is 9.97 Å². The van der Waals surface area contributed by atoms with Crippen LogP contribution in [0.25, 0.3) is 66.4 Å². The highest BCUT2D eigenvalue weighted by Gasteiger charge is 2.46. The highest BCUT2D eigenvalue weighted by Crippen LogP contribution is 2.58. The molecule has 3 nitrogen and oxygen atoms in total. The molecule has 2 aromatic heterocycles. The van der Waals surface area contributed by atoms with Crippen LogP contribution < -0.4 is 0 Å². The van der Waals surface area contributed by atoms with Gasteiger partial charge in [-0.2, -0.15) is 5.26 Å². The number of hydrogen-bond donors (Lipinski definition) is 0. The first-order valence-electron chi connectivity index (χ1n) is 17.9. The zero-order chi connectivity index (χ0) is 35.4. The van der Waals surface area contributed by atoms with Crippen LogP contribution in [0.2, 0.25) is 0 Å². The maximum absolute atomic E-state index is 9.55. The average Bonchev–Trinajstić information content (AvgIpc) is 3.54. The highest BCUT2D eigenvalue weighted by molar-refractivity contribution is 6.04. The molecule has 0 saturated carbocycles. The van der Waals surface area contributed by atoms with E-state index in [1.165, 1.54) is 33.4 Å². The minimum atomic E-state index is -0.531. The normalized spacial score (nSPS) is 12.7. The van der Waals surface area contributed by atoms with Crippen LogP contribution in [0, 0.1) is 11.3 Å². The molecular weight excluding hydrogens is 643 g/mol. The molecule has 1 aliphatic carbocycles. The van der Waals surface area contributed by atoms with Gasteiger partial charge in [-0.25, -0.2) is 4.98 Å². The lowest BCUT2D eigenvalue weighted by Gasteiger charge is -2.34. The van der Waals surface area contributed by atoms with E-state index in [1.807, 2.05) is 30.5 Å². The van der Waals surface area contributed by atoms with E-state index in [4.69, 9.17) is 9.97 Å². The summed E-state index contributed by atoms with van der Waals surface area (Å²) >= 11 is 0. The van der Waals surface area contributed by atoms with E-state index in [9.17, 15) is 5.26 Å². The van der Waals surface area contributed by atoms with E-state index in [-0.39, 0.29) is 0 Å². The van der Waals surface area contributed by atoms with Crippen molar-refractivity contribution in [3.8, 4) is 50.7 Å². The van der Waals surface area contributed by atoms with Crippen LogP contribution in [0.3, 0.4) is 0 Å². The van der Waals surface area contributed by atoms with Gasteiger partial charge in [-0.05, 0) is 92.0 Å². The summed E-state index contributed by atoms with van der Waals surface area (Å²) in [7, 11) is 0. The van der Waals surface area contributed by atoms with Gasteiger partial charge in [0, 0.05) is 22.5 Å². The minimum Gasteiger partial charge on any atom is -0.254 e. The molecule has 10 rings (SSSR count). The quantitative estimate of drug-likeness (QED) is 0.171. The van der Waals surface area contributed by atoms with Gasteiger partial charge in [0.15, 0.2) is 0 Å². The second-order valence-corrected chi connectivity index (χ2v) is 13.6. The third-order valence-corrected chi connectivity index (χ3v) is 10.8. The Morgan fingerprint density at radius 1 is 0.434 bits per heavy atom. The molecule has 1 aliphatic rings. The molecule has 0 N–H and O–H groups in total. The molecule has 53 heavy (non-hydrogen) atoms. The number of nitriles is 1. The van der Waals surface area contributed by atoms with Crippen molar-refractivity contribution in [1.82, 2.24) is 9.97 Å². The molecule has 0 amide bonds. The molecule has 2 heterocycles. The largest absolute Gasteiger partial charge is 0.254 e. The fourth-order valence-corrected chi connectivity index (χ4v) is 8.42. The smallest absolute Gasteiger partial charge is 0.0991 e. The lowest BCUT2D eigenvalue weighted by atomic mass is 9.67. The first-order chi connectivity index (χ1) is 26.2. The molecule has 0 radical (unpaired) electrons. The molecule has 0 saturated heterocycles. The van der Waals surface area contributed by atoms with Crippen molar-refractivity contribution in [1.29, 1.82) is 5.26 Å². The zero-order valence-electron chi connectivity index (χ0n) is 28.7. The van der Waals surface area contributed by atoms with Crippen LogP contribution in [0.4, 0.5) is 0 Å². The second kappa shape index (κ2) is 12.3. The van der Waals surface area contributed by atoms with Gasteiger partial charge < -0.3 is 0 Å². The van der Waals surface area contributed by atoms with E-state index in [2.05, 4.69) is 164 Å². The highest BCUT2D eigenvalue weighted by atomic mass is 14.8. The number of nitrogens with zero attached hydrogens (tertiary/aromatic N) is 3. The van der Waals surface area contributed by atoms with E-state index >= 15 is 0 Å². The van der Waals surface area contributed by atoms with Crippen molar-refractivity contribution in [2.45, 2.75) is 5.41 Å². The van der Waals surface area contributed by atoms with Gasteiger partial charge in [0.1, 0.15) is 0 Å². The summed E-state index contributed by atoms with van der Waals surface area (Å²) in [6.45, 7) is 0. The van der Waals surface area contributed by atoms with Crippen molar-refractivity contribution >= 4 is 21.8 Å². The fourth-order valence-electron chi connectivity index (χ4n) is 8.42. The Kier molecular flexibility index (Phi) is 7.09. The topological polar surface area (TPSA) is 49.6 Å². The predicted molar refractivity (Wildman–Crippen MR) is 215 cm³/mol. The van der Waals surface area contributed by atoms with Crippen molar-refractivity contribution in [2.75, 3.05) is 0 Å². The Hall–Kier alpha value is -7.15. The number of pyridine rings is 2. The Balaban J connectivity index is 1.28. The maximum atomic E-state index is 9.55. The van der Waals surface area contributed by atoms with Crippen LogP contribution in [0.1, 0.15) is 27.8 Å². The summed E-state index contributed by atoms with van der Waals surface area (Å²) in [6, 6.07) is 66.9. The standard InChI is InChI=1S/C50H31N3/c51-32-33-11-9-12-38(29-33)34-20-22-35(23-21-34)42-31-46-43(30-44(42)47-27-26-37-25-24-36-13-10-28-52-48(36)49(37)53-47)41-18-7-8-19-45(41)50(46,39-14-3-1-4-15-39)40-16-5-2-6-17-40/h1-31H. The van der Waals surface area contributed by atoms with E-state index < -0.39 is 5.41 Å². The van der Waals surface area contributed by atoms with Gasteiger partial charge in [0.2, 0.25) is 0 Å². The Morgan fingerprint density at radius 3 is 1.87 bits per heavy atom. The van der Waals surface area contributed by atoms with Crippen LogP contribution in [0.5, 0.6) is 0 Å². The van der Waals surface area contributed by atoms with Crippen LogP contribution in [0.15, 0.2) is 188 Å². The Labute approximate surface area is 308 Å². The van der Waals surface area contributed by atoms with Gasteiger partial charge in [0.25, 0.3) is 0 Å². The summed E-state index contributed by atoms with van der Waals surface area (Å²) < 4.78 is 0. The summed E-state index contributed by atoms with van der Waals surface area (Å²) in [4.78, 5) is 10.2. The molecule has 7 aromatic carbocycles. The number of benzene rings is 7. The van der Waals surface area contributed by atoms with E-state index in [0.29, 0.717) is 5.56 Å². The molecular formula is C50H31N3. The lowest BCUT2D eigenvalue weighted by Crippen LogP contribution is -2.28. The van der Waals surface area contributed by atoms with Crippen LogP contribution in [-0.2, 0) is 5.41 Å². The van der Waals surface area contributed by atoms with Gasteiger partial charge in [0.05, 0.1) is 33.8 Å². The summed E-state index contributed by atoms with van der Waals surface area (Å²) in [5.74, 6) is 0. The SMILES string of the molecule is N#Cc1cccc(-c2ccc(-c3cc4c(cc3-c3ccc5ccc6cccnc6c5n3)-c3ccccc3C4(c3ccccc3)c3ccccc3)cc2)c1. The number of rotatable bonds is 5. The van der Waals surface area contributed by atoms with Gasteiger partial charge >= 0.3 is 0 Å². The third kappa shape index (κ3) is 4.81. The molecule has 0 bridgehead atoms. The van der Waals surface area contributed by atoms with Crippen molar-refractivity contribution in [2.24, 2.45) is 0 Å². The molecule has 0 spiro atoms. The minimum absolute atomic E-state index is 0.531. The average molecular weight is 674 g/mol. The van der Waals surface area contributed by atoms with E-state index in [0.717, 1.165) is 55.3 Å². The fraction of sp³-hybridized carbons (Fsp3) is 0.0200. The van der Waals surface area contributed by atoms with Crippen molar-refractivity contribution in [3.05, 3.63) is 216 Å². The molecule has 246 valence electrons. The first-order valence-corrected chi connectivity index (χ1v) is 17.9. The number of aromatic nitrogens is 2. The number of hydrogen-bond acceptors (Lipinski definition) is 3. The lowest BCUT2D eigenvalue weighted by molar-refractivity contribution is 0.769. The van der Waals surface area contributed by atoms with Gasteiger partial charge in [-0.15, -0.1) is 0 Å². The third-order valence-electron chi connectivity index (χ3n) is 10.8.